The van der Waals surface area contributed by atoms with Gasteiger partial charge in [0.05, 0.1) is 5.52 Å². The molecule has 0 saturated carbocycles. The normalized spacial score (nSPS) is 12.1. The summed E-state index contributed by atoms with van der Waals surface area (Å²) >= 11 is 0. The highest BCUT2D eigenvalue weighted by atomic mass is 15.2. The van der Waals surface area contributed by atoms with Crippen molar-refractivity contribution in [1.29, 1.82) is 0 Å². The van der Waals surface area contributed by atoms with Crippen molar-refractivity contribution in [2.24, 2.45) is 0 Å². The van der Waals surface area contributed by atoms with Crippen LogP contribution in [0.4, 0.5) is 0 Å². The van der Waals surface area contributed by atoms with Gasteiger partial charge < -0.3 is 9.47 Å². The van der Waals surface area contributed by atoms with Crippen molar-refractivity contribution in [3.8, 4) is 0 Å². The van der Waals surface area contributed by atoms with Gasteiger partial charge in [-0.25, -0.2) is 9.97 Å². The predicted octanol–water partition coefficient (Wildman–Crippen LogP) is 1.79. The van der Waals surface area contributed by atoms with E-state index in [1.807, 2.05) is 29.2 Å². The number of imidazole rings is 1. The number of aromatic nitrogens is 5. The summed E-state index contributed by atoms with van der Waals surface area (Å²) < 4.78 is 4.35. The van der Waals surface area contributed by atoms with Crippen LogP contribution < -0.4 is 0 Å². The van der Waals surface area contributed by atoms with Gasteiger partial charge in [0.25, 0.3) is 0 Å². The van der Waals surface area contributed by atoms with E-state index in [4.69, 9.17) is 4.98 Å². The highest BCUT2D eigenvalue weighted by molar-refractivity contribution is 6.05. The maximum absolute atomic E-state index is 4.74. The highest BCUT2D eigenvalue weighted by Gasteiger charge is 2.16. The van der Waals surface area contributed by atoms with Crippen molar-refractivity contribution in [2.75, 3.05) is 20.6 Å². The van der Waals surface area contributed by atoms with E-state index in [1.165, 1.54) is 5.52 Å². The number of fused-ring (bicyclic) bond motifs is 5. The van der Waals surface area contributed by atoms with Crippen molar-refractivity contribution in [3.63, 3.8) is 0 Å². The molecular formula is C15H16N6. The average molecular weight is 280 g/mol. The molecule has 0 aliphatic rings. The topological polar surface area (TPSA) is 51.2 Å². The van der Waals surface area contributed by atoms with Crippen LogP contribution in [-0.4, -0.2) is 49.5 Å². The Morgan fingerprint density at radius 1 is 1.14 bits per heavy atom. The molecule has 6 heteroatoms. The fourth-order valence-corrected chi connectivity index (χ4v) is 2.77. The molecule has 4 heterocycles. The first-order valence-corrected chi connectivity index (χ1v) is 6.94. The Balaban J connectivity index is 2.09. The molecular weight excluding hydrogens is 264 g/mol. The molecule has 0 spiro atoms. The molecule has 4 aromatic heterocycles. The van der Waals surface area contributed by atoms with Gasteiger partial charge in [-0.15, -0.1) is 0 Å². The zero-order valence-electron chi connectivity index (χ0n) is 12.1. The molecule has 0 unspecified atom stereocenters. The van der Waals surface area contributed by atoms with Gasteiger partial charge in [0.15, 0.2) is 0 Å². The zero-order valence-corrected chi connectivity index (χ0v) is 12.1. The summed E-state index contributed by atoms with van der Waals surface area (Å²) in [4.78, 5) is 15.4. The lowest BCUT2D eigenvalue weighted by molar-refractivity contribution is 0.389. The molecule has 4 aromatic rings. The molecule has 0 radical (unpaired) electrons. The second-order valence-corrected chi connectivity index (χ2v) is 5.44. The van der Waals surface area contributed by atoms with E-state index < -0.39 is 0 Å². The quantitative estimate of drug-likeness (QED) is 0.574. The van der Waals surface area contributed by atoms with E-state index in [2.05, 4.69) is 39.6 Å². The third-order valence-electron chi connectivity index (χ3n) is 3.78. The van der Waals surface area contributed by atoms with E-state index in [0.29, 0.717) is 0 Å². The Morgan fingerprint density at radius 3 is 2.86 bits per heavy atom. The minimum atomic E-state index is 0.902. The lowest BCUT2D eigenvalue weighted by Gasteiger charge is -2.12. The Labute approximate surface area is 121 Å². The van der Waals surface area contributed by atoms with Crippen molar-refractivity contribution in [1.82, 2.24) is 28.8 Å². The van der Waals surface area contributed by atoms with Crippen LogP contribution in [0.1, 0.15) is 0 Å². The summed E-state index contributed by atoms with van der Waals surface area (Å²) in [5, 5.41) is 1.09. The molecule has 0 saturated heterocycles. The standard InChI is InChI=1S/C15H16N6/c1-19(2)7-8-20-12-3-5-16-9-11(12)14-15(20)21-10-17-6-4-13(21)18-14/h3-6,9-10H,7-8H2,1-2H3. The third-order valence-corrected chi connectivity index (χ3v) is 3.78. The van der Waals surface area contributed by atoms with Crippen LogP contribution in [0.25, 0.3) is 27.7 Å². The Kier molecular flexibility index (Phi) is 2.65. The molecule has 6 nitrogen and oxygen atoms in total. The van der Waals surface area contributed by atoms with Crippen molar-refractivity contribution in [2.45, 2.75) is 6.54 Å². The van der Waals surface area contributed by atoms with Gasteiger partial charge in [-0.3, -0.25) is 9.38 Å². The monoisotopic (exact) mass is 280 g/mol. The second kappa shape index (κ2) is 4.53. The maximum Gasteiger partial charge on any atom is 0.147 e. The van der Waals surface area contributed by atoms with Crippen LogP contribution in [0.5, 0.6) is 0 Å². The Morgan fingerprint density at radius 2 is 2.00 bits per heavy atom. The average Bonchev–Trinajstić information content (AvgIpc) is 3.00. The van der Waals surface area contributed by atoms with E-state index in [-0.39, 0.29) is 0 Å². The van der Waals surface area contributed by atoms with Crippen molar-refractivity contribution < 1.29 is 0 Å². The molecule has 0 aromatic carbocycles. The SMILES string of the molecule is CN(C)CCn1c2ccncc2c2nc3ccncn3c21. The fourth-order valence-electron chi connectivity index (χ4n) is 2.77. The number of nitrogens with zero attached hydrogens (tertiary/aromatic N) is 6. The molecule has 0 bridgehead atoms. The van der Waals surface area contributed by atoms with Gasteiger partial charge >= 0.3 is 0 Å². The van der Waals surface area contributed by atoms with Gasteiger partial charge in [-0.05, 0) is 26.2 Å². The minimum Gasteiger partial charge on any atom is -0.324 e. The summed E-state index contributed by atoms with van der Waals surface area (Å²) in [6, 6.07) is 3.98. The smallest absolute Gasteiger partial charge is 0.147 e. The van der Waals surface area contributed by atoms with Gasteiger partial charge in [0.2, 0.25) is 0 Å². The van der Waals surface area contributed by atoms with Gasteiger partial charge in [0, 0.05) is 37.1 Å². The molecule has 0 aliphatic carbocycles. The van der Waals surface area contributed by atoms with Crippen molar-refractivity contribution >= 4 is 27.7 Å². The number of hydrogen-bond acceptors (Lipinski definition) is 4. The summed E-state index contributed by atoms with van der Waals surface area (Å²) in [5.74, 6) is 0. The van der Waals surface area contributed by atoms with Crippen LogP contribution in [0.15, 0.2) is 37.1 Å². The molecule has 0 amide bonds. The number of rotatable bonds is 3. The fraction of sp³-hybridized carbons (Fsp3) is 0.267. The number of pyridine rings is 1. The lowest BCUT2D eigenvalue weighted by atomic mass is 10.3. The van der Waals surface area contributed by atoms with E-state index in [1.54, 1.807) is 6.20 Å². The molecule has 106 valence electrons. The molecule has 4 rings (SSSR count). The van der Waals surface area contributed by atoms with Crippen LogP contribution >= 0.6 is 0 Å². The first-order chi connectivity index (χ1) is 10.3. The van der Waals surface area contributed by atoms with E-state index in [9.17, 15) is 0 Å². The number of hydrogen-bond donors (Lipinski definition) is 0. The van der Waals surface area contributed by atoms with Crippen molar-refractivity contribution in [3.05, 3.63) is 37.1 Å². The van der Waals surface area contributed by atoms with Crippen LogP contribution in [0, 0.1) is 0 Å². The van der Waals surface area contributed by atoms with Gasteiger partial charge in [-0.2, -0.15) is 0 Å². The van der Waals surface area contributed by atoms with Crippen LogP contribution in [-0.2, 0) is 6.54 Å². The predicted molar refractivity (Wildman–Crippen MR) is 82.3 cm³/mol. The van der Waals surface area contributed by atoms with Crippen LogP contribution in [0.3, 0.4) is 0 Å². The Bertz CT molecular complexity index is 927. The minimum absolute atomic E-state index is 0.902. The third kappa shape index (κ3) is 1.80. The molecule has 0 N–H and O–H groups in total. The molecule has 0 aliphatic heterocycles. The van der Waals surface area contributed by atoms with E-state index in [0.717, 1.165) is 35.3 Å². The molecule has 0 atom stereocenters. The molecule has 21 heavy (non-hydrogen) atoms. The second-order valence-electron chi connectivity index (χ2n) is 5.44. The van der Waals surface area contributed by atoms with Crippen LogP contribution in [0.2, 0.25) is 0 Å². The lowest BCUT2D eigenvalue weighted by Crippen LogP contribution is -2.18. The highest BCUT2D eigenvalue weighted by Crippen LogP contribution is 2.28. The maximum atomic E-state index is 4.74. The zero-order chi connectivity index (χ0) is 14.4. The largest absolute Gasteiger partial charge is 0.324 e. The Hall–Kier alpha value is -2.47. The first-order valence-electron chi connectivity index (χ1n) is 6.94. The van der Waals surface area contributed by atoms with Gasteiger partial charge in [0.1, 0.15) is 23.1 Å². The summed E-state index contributed by atoms with van der Waals surface area (Å²) in [7, 11) is 4.17. The first kappa shape index (κ1) is 12.3. The molecule has 0 fully saturated rings. The van der Waals surface area contributed by atoms with Gasteiger partial charge in [-0.1, -0.05) is 0 Å². The summed E-state index contributed by atoms with van der Waals surface area (Å²) in [6.45, 7) is 1.87. The summed E-state index contributed by atoms with van der Waals surface area (Å²) in [6.07, 6.45) is 7.32. The van der Waals surface area contributed by atoms with E-state index >= 15 is 0 Å². The summed E-state index contributed by atoms with van der Waals surface area (Å²) in [5.41, 5.74) is 4.16. The number of likely N-dealkylation sites (N-methyl/N-ethyl adjacent to an activating group) is 1.